The van der Waals surface area contributed by atoms with Crippen LogP contribution >= 0.6 is 0 Å². The van der Waals surface area contributed by atoms with Gasteiger partial charge in [-0.05, 0) is 0 Å². The van der Waals surface area contributed by atoms with E-state index in [2.05, 4.69) is 18.9 Å². The van der Waals surface area contributed by atoms with Gasteiger partial charge in [-0.2, -0.15) is 0 Å². The van der Waals surface area contributed by atoms with Crippen LogP contribution in [-0.4, -0.2) is 22.2 Å². The van der Waals surface area contributed by atoms with E-state index in [0.717, 1.165) is 6.08 Å². The highest BCUT2D eigenvalue weighted by Crippen LogP contribution is 1.69. The molecule has 0 saturated carbocycles. The van der Waals surface area contributed by atoms with Gasteiger partial charge >= 0.3 is 11.9 Å². The molecule has 0 amide bonds. The molecule has 62 valence electrons. The van der Waals surface area contributed by atoms with E-state index < -0.39 is 11.9 Å². The van der Waals surface area contributed by atoms with Gasteiger partial charge in [-0.1, -0.05) is 13.2 Å². The molecule has 11 heavy (non-hydrogen) atoms. The van der Waals surface area contributed by atoms with Gasteiger partial charge in [0.1, 0.15) is 5.70 Å². The molecule has 0 rings (SSSR count). The Bertz CT molecular complexity index is 173. The van der Waals surface area contributed by atoms with E-state index in [1.54, 1.807) is 0 Å². The highest BCUT2D eigenvalue weighted by atomic mass is 16.4. The molecule has 0 aromatic heterocycles. The number of aliphatic carboxylic acids is 2. The van der Waals surface area contributed by atoms with Crippen molar-refractivity contribution in [1.29, 1.82) is 0 Å². The lowest BCUT2D eigenvalue weighted by Crippen LogP contribution is -2.06. The zero-order chi connectivity index (χ0) is 9.44. The van der Waals surface area contributed by atoms with Crippen LogP contribution < -0.4 is 5.73 Å². The summed E-state index contributed by atoms with van der Waals surface area (Å²) in [4.78, 5) is 18.7. The largest absolute Gasteiger partial charge is 0.478 e. The molecule has 0 saturated heterocycles. The fraction of sp³-hybridized carbons (Fsp3) is 0. The first-order valence-electron chi connectivity index (χ1n) is 2.44. The number of rotatable bonds is 2. The molecule has 4 N–H and O–H groups in total. The summed E-state index contributed by atoms with van der Waals surface area (Å²) in [6.07, 6.45) is 0.833. The van der Waals surface area contributed by atoms with E-state index in [4.69, 9.17) is 10.2 Å². The lowest BCUT2D eigenvalue weighted by Gasteiger charge is -1.81. The quantitative estimate of drug-likeness (QED) is 0.484. The standard InChI is InChI=1S/C3H5NO2.C3H4O2/c1-2(4)3(5)6;1-2-3(4)5/h1,4H2,(H,5,6);2H,1H2,(H,4,5). The molecule has 0 unspecified atom stereocenters. The summed E-state index contributed by atoms with van der Waals surface area (Å²) in [5.74, 6) is -2.14. The van der Waals surface area contributed by atoms with Gasteiger partial charge in [0.05, 0.1) is 0 Å². The second-order valence-corrected chi connectivity index (χ2v) is 1.37. The predicted octanol–water partition coefficient (Wildman–Crippen LogP) is -0.200. The molecular formula is C6H9NO4. The van der Waals surface area contributed by atoms with Crippen molar-refractivity contribution in [2.24, 2.45) is 5.73 Å². The van der Waals surface area contributed by atoms with Crippen molar-refractivity contribution in [3.63, 3.8) is 0 Å². The minimum atomic E-state index is -1.16. The minimum absolute atomic E-state index is 0.324. The Morgan fingerprint density at radius 3 is 1.55 bits per heavy atom. The number of carboxylic acid groups (broad SMARTS) is 2. The maximum Gasteiger partial charge on any atom is 0.351 e. The lowest BCUT2D eigenvalue weighted by atomic mass is 10.5. The van der Waals surface area contributed by atoms with Crippen LogP contribution in [0.15, 0.2) is 24.9 Å². The predicted molar refractivity (Wildman–Crippen MR) is 38.8 cm³/mol. The van der Waals surface area contributed by atoms with E-state index in [1.165, 1.54) is 0 Å². The fourth-order valence-electron chi connectivity index (χ4n) is 0. The topological polar surface area (TPSA) is 101 Å². The van der Waals surface area contributed by atoms with Crippen LogP contribution in [0.25, 0.3) is 0 Å². The molecule has 0 aliphatic rings. The average Bonchev–Trinajstić information content (AvgIpc) is 1.89. The van der Waals surface area contributed by atoms with Crippen LogP contribution in [0.2, 0.25) is 0 Å². The molecule has 0 aliphatic heterocycles. The molecule has 0 aromatic rings. The zero-order valence-corrected chi connectivity index (χ0v) is 5.78. The van der Waals surface area contributed by atoms with Gasteiger partial charge in [-0.15, -0.1) is 0 Å². The molecule has 0 aliphatic carbocycles. The summed E-state index contributed by atoms with van der Waals surface area (Å²) in [5, 5.41) is 15.4. The van der Waals surface area contributed by atoms with Crippen LogP contribution in [0.1, 0.15) is 0 Å². The third-order valence-electron chi connectivity index (χ3n) is 0.449. The Hall–Kier alpha value is -1.78. The summed E-state index contributed by atoms with van der Waals surface area (Å²) >= 11 is 0. The smallest absolute Gasteiger partial charge is 0.351 e. The van der Waals surface area contributed by atoms with Crippen molar-refractivity contribution in [1.82, 2.24) is 0 Å². The van der Waals surface area contributed by atoms with E-state index in [0.29, 0.717) is 0 Å². The molecule has 0 fully saturated rings. The molecule has 0 bridgehead atoms. The number of hydrogen-bond donors (Lipinski definition) is 3. The first kappa shape index (κ1) is 12.0. The van der Waals surface area contributed by atoms with Gasteiger partial charge in [0, 0.05) is 6.08 Å². The van der Waals surface area contributed by atoms with Crippen molar-refractivity contribution in [3.05, 3.63) is 24.9 Å². The highest BCUT2D eigenvalue weighted by molar-refractivity contribution is 5.84. The molecule has 0 aromatic carbocycles. The minimum Gasteiger partial charge on any atom is -0.478 e. The van der Waals surface area contributed by atoms with Gasteiger partial charge in [0.2, 0.25) is 0 Å². The highest BCUT2D eigenvalue weighted by Gasteiger charge is 1.91. The molecular weight excluding hydrogens is 150 g/mol. The second-order valence-electron chi connectivity index (χ2n) is 1.37. The average molecular weight is 159 g/mol. The van der Waals surface area contributed by atoms with Gasteiger partial charge in [0.25, 0.3) is 0 Å². The summed E-state index contributed by atoms with van der Waals surface area (Å²) in [5.41, 5.74) is 4.32. The number of hydrogen-bond acceptors (Lipinski definition) is 3. The van der Waals surface area contributed by atoms with E-state index >= 15 is 0 Å². The second kappa shape index (κ2) is 6.34. The molecule has 5 nitrogen and oxygen atoms in total. The monoisotopic (exact) mass is 159 g/mol. The Kier molecular flexibility index (Phi) is 6.89. The normalized spacial score (nSPS) is 6.91. The van der Waals surface area contributed by atoms with Gasteiger partial charge in [-0.3, -0.25) is 0 Å². The molecule has 0 heterocycles. The molecule has 0 radical (unpaired) electrons. The molecule has 0 atom stereocenters. The third kappa shape index (κ3) is 17.9. The first-order valence-corrected chi connectivity index (χ1v) is 2.44. The molecule has 0 spiro atoms. The SMILES string of the molecule is C=C(N)C(=O)O.C=CC(=O)O. The van der Waals surface area contributed by atoms with E-state index in [1.807, 2.05) is 0 Å². The van der Waals surface area contributed by atoms with Crippen LogP contribution in [0.4, 0.5) is 0 Å². The summed E-state index contributed by atoms with van der Waals surface area (Å²) in [7, 11) is 0. The van der Waals surface area contributed by atoms with Gasteiger partial charge in [0.15, 0.2) is 0 Å². The fourth-order valence-corrected chi connectivity index (χ4v) is 0. The van der Waals surface area contributed by atoms with Crippen molar-refractivity contribution in [2.45, 2.75) is 0 Å². The van der Waals surface area contributed by atoms with Gasteiger partial charge in [-0.25, -0.2) is 9.59 Å². The lowest BCUT2D eigenvalue weighted by molar-refractivity contribution is -0.133. The molecule has 5 heteroatoms. The van der Waals surface area contributed by atoms with Crippen LogP contribution in [0.5, 0.6) is 0 Å². The van der Waals surface area contributed by atoms with E-state index in [9.17, 15) is 9.59 Å². The van der Waals surface area contributed by atoms with Gasteiger partial charge < -0.3 is 15.9 Å². The summed E-state index contributed by atoms with van der Waals surface area (Å²) in [6, 6.07) is 0. The zero-order valence-electron chi connectivity index (χ0n) is 5.78. The number of nitrogens with two attached hydrogens (primary N) is 1. The third-order valence-corrected chi connectivity index (χ3v) is 0.449. The Morgan fingerprint density at radius 1 is 1.36 bits per heavy atom. The maximum atomic E-state index is 9.47. The summed E-state index contributed by atoms with van der Waals surface area (Å²) in [6.45, 7) is 5.89. The van der Waals surface area contributed by atoms with Crippen molar-refractivity contribution < 1.29 is 19.8 Å². The Morgan fingerprint density at radius 2 is 1.55 bits per heavy atom. The van der Waals surface area contributed by atoms with Crippen LogP contribution in [-0.2, 0) is 9.59 Å². The Labute approximate surface area is 63.4 Å². The number of carboxylic acids is 2. The van der Waals surface area contributed by atoms with Crippen molar-refractivity contribution >= 4 is 11.9 Å². The van der Waals surface area contributed by atoms with Crippen LogP contribution in [0, 0.1) is 0 Å². The number of carbonyl (C=O) groups is 2. The van der Waals surface area contributed by atoms with Crippen LogP contribution in [0.3, 0.4) is 0 Å². The first-order chi connectivity index (χ1) is 4.91. The van der Waals surface area contributed by atoms with Crippen molar-refractivity contribution in [2.75, 3.05) is 0 Å². The Balaban J connectivity index is 0. The van der Waals surface area contributed by atoms with E-state index in [-0.39, 0.29) is 5.70 Å². The maximum absolute atomic E-state index is 9.47. The van der Waals surface area contributed by atoms with Crippen molar-refractivity contribution in [3.8, 4) is 0 Å². The summed E-state index contributed by atoms with van der Waals surface area (Å²) < 4.78 is 0.